The van der Waals surface area contributed by atoms with Crippen LogP contribution < -0.4 is 6.15 Å². The van der Waals surface area contributed by atoms with E-state index in [0.29, 0.717) is 12.0 Å². The Hall–Kier alpha value is -0.910. The average Bonchev–Trinajstić information content (AvgIpc) is 2.04. The summed E-state index contributed by atoms with van der Waals surface area (Å²) in [5.74, 6) is 0. The van der Waals surface area contributed by atoms with Crippen LogP contribution in [0.5, 0.6) is 0 Å². The van der Waals surface area contributed by atoms with Gasteiger partial charge in [0.1, 0.15) is 0 Å². The van der Waals surface area contributed by atoms with Crippen molar-refractivity contribution in [3.63, 3.8) is 0 Å². The van der Waals surface area contributed by atoms with Crippen molar-refractivity contribution in [3.05, 3.63) is 29.8 Å². The third kappa shape index (κ3) is 3.10. The summed E-state index contributed by atoms with van der Waals surface area (Å²) in [6.45, 7) is 1.96. The highest BCUT2D eigenvalue weighted by Crippen LogP contribution is 2.16. The van der Waals surface area contributed by atoms with Gasteiger partial charge in [-0.1, -0.05) is 31.5 Å². The number of rotatable bonds is 3. The second-order valence-electron chi connectivity index (χ2n) is 2.83. The van der Waals surface area contributed by atoms with Crippen molar-refractivity contribution < 1.29 is 13.0 Å². The fraction of sp³-hybridized carbons (Fsp3) is 0.333. The van der Waals surface area contributed by atoms with Gasteiger partial charge in [0.15, 0.2) is 0 Å². The summed E-state index contributed by atoms with van der Waals surface area (Å²) in [7, 11) is -4.06. The second-order valence-corrected chi connectivity index (χ2v) is 4.22. The molecule has 0 radical (unpaired) electrons. The van der Waals surface area contributed by atoms with E-state index in [-0.39, 0.29) is 11.0 Å². The summed E-state index contributed by atoms with van der Waals surface area (Å²) in [6.07, 6.45) is 1.52. The topological polar surface area (TPSA) is 89.4 Å². The van der Waals surface area contributed by atoms with Gasteiger partial charge in [0.25, 0.3) is 10.1 Å². The van der Waals surface area contributed by atoms with E-state index in [1.165, 1.54) is 6.07 Å². The van der Waals surface area contributed by atoms with Crippen LogP contribution in [0.1, 0.15) is 18.9 Å². The monoisotopic (exact) mass is 217 g/mol. The molecule has 0 aliphatic carbocycles. The summed E-state index contributed by atoms with van der Waals surface area (Å²) >= 11 is 0. The molecule has 0 amide bonds. The third-order valence-electron chi connectivity index (χ3n) is 1.77. The predicted octanol–water partition coefficient (Wildman–Crippen LogP) is 2.05. The molecular weight excluding hydrogens is 202 g/mol. The Balaban J connectivity index is 0.00000169. The molecule has 1 rings (SSSR count). The van der Waals surface area contributed by atoms with Gasteiger partial charge in [0.2, 0.25) is 0 Å². The summed E-state index contributed by atoms with van der Waals surface area (Å²) in [5, 5.41) is 0. The van der Waals surface area contributed by atoms with Crippen LogP contribution in [0, 0.1) is 0 Å². The number of hydrogen-bond donors (Lipinski definition) is 2. The Labute approximate surface area is 84.3 Å². The molecular formula is C9H15NO3S. The lowest BCUT2D eigenvalue weighted by molar-refractivity contribution is 0.482. The molecule has 0 atom stereocenters. The smallest absolute Gasteiger partial charge is 0.294 e. The molecule has 0 aromatic heterocycles. The molecule has 1 aromatic carbocycles. The highest BCUT2D eigenvalue weighted by Gasteiger charge is 2.13. The average molecular weight is 217 g/mol. The maximum absolute atomic E-state index is 10.9. The fourth-order valence-corrected chi connectivity index (χ4v) is 1.98. The van der Waals surface area contributed by atoms with Gasteiger partial charge in [-0.2, -0.15) is 8.42 Å². The van der Waals surface area contributed by atoms with Crippen molar-refractivity contribution in [2.45, 2.75) is 24.7 Å². The molecule has 0 aliphatic heterocycles. The number of hydrogen-bond acceptors (Lipinski definition) is 3. The molecule has 0 heterocycles. The van der Waals surface area contributed by atoms with Gasteiger partial charge in [0.05, 0.1) is 4.90 Å². The molecule has 0 saturated carbocycles. The minimum absolute atomic E-state index is 0. The van der Waals surface area contributed by atoms with Crippen LogP contribution in [0.25, 0.3) is 0 Å². The zero-order chi connectivity index (χ0) is 9.90. The standard InChI is InChI=1S/C9H12O3S.H3N/c1-2-5-8-6-3-4-7-9(8)13(10,11)12;/h3-4,6-7H,2,5H2,1H3,(H,10,11,12);1H3. The molecule has 0 unspecified atom stereocenters. The Kier molecular flexibility index (Phi) is 4.76. The minimum atomic E-state index is -4.06. The van der Waals surface area contributed by atoms with E-state index in [0.717, 1.165) is 6.42 Å². The van der Waals surface area contributed by atoms with E-state index in [4.69, 9.17) is 4.55 Å². The maximum atomic E-state index is 10.9. The van der Waals surface area contributed by atoms with E-state index >= 15 is 0 Å². The lowest BCUT2D eigenvalue weighted by atomic mass is 10.1. The van der Waals surface area contributed by atoms with E-state index < -0.39 is 10.1 Å². The van der Waals surface area contributed by atoms with Crippen molar-refractivity contribution in [1.29, 1.82) is 0 Å². The zero-order valence-corrected chi connectivity index (χ0v) is 8.92. The molecule has 4 nitrogen and oxygen atoms in total. The second kappa shape index (κ2) is 5.09. The predicted molar refractivity (Wildman–Crippen MR) is 55.3 cm³/mol. The fourth-order valence-electron chi connectivity index (χ4n) is 1.23. The van der Waals surface area contributed by atoms with Gasteiger partial charge < -0.3 is 6.15 Å². The molecule has 0 spiro atoms. The van der Waals surface area contributed by atoms with Crippen LogP contribution in [0.2, 0.25) is 0 Å². The van der Waals surface area contributed by atoms with E-state index in [1.807, 2.05) is 6.92 Å². The van der Waals surface area contributed by atoms with E-state index in [1.54, 1.807) is 18.2 Å². The van der Waals surface area contributed by atoms with Crippen molar-refractivity contribution in [1.82, 2.24) is 6.15 Å². The lowest BCUT2D eigenvalue weighted by Crippen LogP contribution is -2.02. The minimum Gasteiger partial charge on any atom is -0.344 e. The van der Waals surface area contributed by atoms with Crippen LogP contribution in [-0.2, 0) is 16.5 Å². The van der Waals surface area contributed by atoms with E-state index in [9.17, 15) is 8.42 Å². The Morgan fingerprint density at radius 3 is 2.36 bits per heavy atom. The normalized spacial score (nSPS) is 10.7. The van der Waals surface area contributed by atoms with E-state index in [2.05, 4.69) is 0 Å². The van der Waals surface area contributed by atoms with Gasteiger partial charge in [0, 0.05) is 0 Å². The summed E-state index contributed by atoms with van der Waals surface area (Å²) in [5.41, 5.74) is 0.674. The van der Waals surface area contributed by atoms with Crippen molar-refractivity contribution >= 4 is 10.1 Å². The van der Waals surface area contributed by atoms with Gasteiger partial charge in [-0.05, 0) is 18.1 Å². The van der Waals surface area contributed by atoms with Crippen LogP contribution >= 0.6 is 0 Å². The van der Waals surface area contributed by atoms with Gasteiger partial charge in [-0.25, -0.2) is 0 Å². The van der Waals surface area contributed by atoms with Crippen LogP contribution in [-0.4, -0.2) is 13.0 Å². The Bertz CT molecular complexity index is 387. The van der Waals surface area contributed by atoms with Crippen LogP contribution in [0.4, 0.5) is 0 Å². The zero-order valence-electron chi connectivity index (χ0n) is 8.10. The number of aryl methyl sites for hydroxylation is 1. The molecule has 0 aliphatic rings. The molecule has 0 bridgehead atoms. The molecule has 0 fully saturated rings. The van der Waals surface area contributed by atoms with Crippen LogP contribution in [0.3, 0.4) is 0 Å². The Morgan fingerprint density at radius 1 is 1.29 bits per heavy atom. The van der Waals surface area contributed by atoms with Gasteiger partial charge in [-0.15, -0.1) is 0 Å². The van der Waals surface area contributed by atoms with Crippen molar-refractivity contribution in [3.8, 4) is 0 Å². The first-order valence-electron chi connectivity index (χ1n) is 4.11. The molecule has 5 heteroatoms. The molecule has 1 aromatic rings. The maximum Gasteiger partial charge on any atom is 0.294 e. The molecule has 0 saturated heterocycles. The summed E-state index contributed by atoms with van der Waals surface area (Å²) in [6, 6.07) is 6.49. The largest absolute Gasteiger partial charge is 0.344 e. The quantitative estimate of drug-likeness (QED) is 0.758. The number of benzene rings is 1. The first-order valence-corrected chi connectivity index (χ1v) is 5.55. The Morgan fingerprint density at radius 2 is 1.86 bits per heavy atom. The molecule has 4 N–H and O–H groups in total. The summed E-state index contributed by atoms with van der Waals surface area (Å²) in [4.78, 5) is 0.0249. The lowest BCUT2D eigenvalue weighted by Gasteiger charge is -2.04. The van der Waals surface area contributed by atoms with Crippen LogP contribution in [0.15, 0.2) is 29.2 Å². The first-order chi connectivity index (χ1) is 6.05. The van der Waals surface area contributed by atoms with Crippen molar-refractivity contribution in [2.24, 2.45) is 0 Å². The molecule has 80 valence electrons. The van der Waals surface area contributed by atoms with Crippen molar-refractivity contribution in [2.75, 3.05) is 0 Å². The van der Waals surface area contributed by atoms with Gasteiger partial charge >= 0.3 is 0 Å². The highest BCUT2D eigenvalue weighted by atomic mass is 32.2. The van der Waals surface area contributed by atoms with Gasteiger partial charge in [-0.3, -0.25) is 4.55 Å². The highest BCUT2D eigenvalue weighted by molar-refractivity contribution is 7.85. The third-order valence-corrected chi connectivity index (χ3v) is 2.72. The summed E-state index contributed by atoms with van der Waals surface area (Å²) < 4.78 is 30.6. The molecule has 14 heavy (non-hydrogen) atoms. The first kappa shape index (κ1) is 13.1. The SMILES string of the molecule is CCCc1ccccc1S(=O)(=O)O.N.